The molecule has 0 radical (unpaired) electrons. The number of hydrogen-bond donors (Lipinski definition) is 1. The van der Waals surface area contributed by atoms with Crippen molar-refractivity contribution in [3.8, 4) is 0 Å². The van der Waals surface area contributed by atoms with E-state index in [4.69, 9.17) is 25.9 Å². The molecular formula is C18H24BClN2O3. The van der Waals surface area contributed by atoms with Crippen molar-refractivity contribution in [3.63, 3.8) is 0 Å². The minimum absolute atomic E-state index is 0.0315. The molecule has 0 atom stereocenters. The number of hydrogen-bond acceptors (Lipinski definition) is 4. The van der Waals surface area contributed by atoms with Crippen LogP contribution >= 0.6 is 11.6 Å². The fourth-order valence-corrected chi connectivity index (χ4v) is 4.24. The summed E-state index contributed by atoms with van der Waals surface area (Å²) >= 11 is 6.62. The molecule has 2 fully saturated rings. The monoisotopic (exact) mass is 362 g/mol. The summed E-state index contributed by atoms with van der Waals surface area (Å²) in [6.45, 7) is 9.40. The second kappa shape index (κ2) is 5.71. The number of imidazole rings is 1. The van der Waals surface area contributed by atoms with Gasteiger partial charge in [-0.1, -0.05) is 25.4 Å². The molecule has 0 bridgehead atoms. The van der Waals surface area contributed by atoms with Gasteiger partial charge in [0.2, 0.25) is 0 Å². The highest BCUT2D eigenvalue weighted by Crippen LogP contribution is 2.43. The highest BCUT2D eigenvalue weighted by Gasteiger charge is 2.41. The molecule has 1 aliphatic heterocycles. The molecule has 0 spiro atoms. The van der Waals surface area contributed by atoms with Crippen molar-refractivity contribution in [1.29, 1.82) is 0 Å². The molecule has 2 aromatic rings. The first-order valence-corrected chi connectivity index (χ1v) is 9.17. The highest BCUT2D eigenvalue weighted by molar-refractivity contribution is 6.62. The Morgan fingerprint density at radius 3 is 2.48 bits per heavy atom. The molecule has 2 aliphatic rings. The number of aliphatic hydroxyl groups is 1. The third-order valence-corrected chi connectivity index (χ3v) is 5.46. The summed E-state index contributed by atoms with van der Waals surface area (Å²) in [6, 6.07) is 4.16. The van der Waals surface area contributed by atoms with E-state index in [9.17, 15) is 5.11 Å². The third kappa shape index (κ3) is 3.10. The van der Waals surface area contributed by atoms with E-state index in [0.717, 1.165) is 35.2 Å². The summed E-state index contributed by atoms with van der Waals surface area (Å²) in [5.41, 5.74) is 2.13. The lowest BCUT2D eigenvalue weighted by atomic mass is 9.75. The lowest BCUT2D eigenvalue weighted by Gasteiger charge is -2.42. The van der Waals surface area contributed by atoms with E-state index in [1.807, 2.05) is 26.0 Å². The fraction of sp³-hybridized carbons (Fsp3) is 0.611. The summed E-state index contributed by atoms with van der Waals surface area (Å²) in [6.07, 6.45) is 1.45. The first kappa shape index (κ1) is 17.3. The van der Waals surface area contributed by atoms with Gasteiger partial charge in [0.25, 0.3) is 0 Å². The highest BCUT2D eigenvalue weighted by atomic mass is 35.5. The van der Waals surface area contributed by atoms with Crippen LogP contribution in [0.15, 0.2) is 12.1 Å². The van der Waals surface area contributed by atoms with E-state index in [0.29, 0.717) is 18.2 Å². The van der Waals surface area contributed by atoms with Gasteiger partial charge in [-0.25, -0.2) is 4.98 Å². The van der Waals surface area contributed by atoms with Crippen LogP contribution in [0.25, 0.3) is 11.0 Å². The molecule has 1 aliphatic carbocycles. The zero-order valence-corrected chi connectivity index (χ0v) is 15.9. The van der Waals surface area contributed by atoms with Crippen molar-refractivity contribution >= 4 is 35.2 Å². The normalized spacial score (nSPS) is 29.0. The summed E-state index contributed by atoms with van der Waals surface area (Å²) in [7, 11) is -0.398. The molecule has 7 heteroatoms. The summed E-state index contributed by atoms with van der Waals surface area (Å²) in [5.74, 6) is 0.918. The molecule has 1 N–H and O–H groups in total. The van der Waals surface area contributed by atoms with Gasteiger partial charge in [-0.05, 0) is 44.3 Å². The second-order valence-corrected chi connectivity index (χ2v) is 8.98. The summed E-state index contributed by atoms with van der Waals surface area (Å²) < 4.78 is 13.9. The lowest BCUT2D eigenvalue weighted by molar-refractivity contribution is -0.0502. The standard InChI is InChI=1S/C18H24BClN2O3/c1-11-21-15-6-12(19-24-9-17(2,3)10-25-19)5-14(20)16(15)22(11)13-7-18(4,23)8-13/h5-6,13,23H,7-10H2,1-4H3. The van der Waals surface area contributed by atoms with Crippen LogP contribution in [-0.2, 0) is 9.31 Å². The van der Waals surface area contributed by atoms with Gasteiger partial charge >= 0.3 is 7.12 Å². The topological polar surface area (TPSA) is 56.5 Å². The van der Waals surface area contributed by atoms with Gasteiger partial charge in [-0.3, -0.25) is 0 Å². The zero-order valence-electron chi connectivity index (χ0n) is 15.2. The zero-order chi connectivity index (χ0) is 18.0. The molecule has 1 saturated heterocycles. The van der Waals surface area contributed by atoms with Crippen molar-refractivity contribution in [2.45, 2.75) is 52.2 Å². The Kier molecular flexibility index (Phi) is 3.96. The molecule has 1 aromatic carbocycles. The van der Waals surface area contributed by atoms with Gasteiger partial charge in [0.1, 0.15) is 5.82 Å². The summed E-state index contributed by atoms with van der Waals surface area (Å²) in [4.78, 5) is 4.69. The van der Waals surface area contributed by atoms with Crippen LogP contribution in [0, 0.1) is 12.3 Å². The van der Waals surface area contributed by atoms with E-state index >= 15 is 0 Å². The first-order valence-electron chi connectivity index (χ1n) is 8.79. The number of nitrogens with zero attached hydrogens (tertiary/aromatic N) is 2. The SMILES string of the molecule is Cc1nc2cc(B3OCC(C)(C)CO3)cc(Cl)c2n1C1CC(C)(O)C1. The van der Waals surface area contributed by atoms with E-state index in [1.165, 1.54) is 0 Å². The van der Waals surface area contributed by atoms with Crippen LogP contribution in [-0.4, -0.2) is 40.6 Å². The maximum atomic E-state index is 10.1. The van der Waals surface area contributed by atoms with E-state index in [1.54, 1.807) is 0 Å². The average Bonchev–Trinajstić information content (AvgIpc) is 2.81. The molecule has 0 unspecified atom stereocenters. The molecule has 1 aromatic heterocycles. The third-order valence-electron chi connectivity index (χ3n) is 5.18. The number of rotatable bonds is 2. The maximum absolute atomic E-state index is 10.1. The van der Waals surface area contributed by atoms with Crippen LogP contribution in [0.3, 0.4) is 0 Å². The molecule has 5 nitrogen and oxygen atoms in total. The van der Waals surface area contributed by atoms with Crippen molar-refractivity contribution in [2.75, 3.05) is 13.2 Å². The number of aryl methyl sites for hydroxylation is 1. The average molecular weight is 363 g/mol. The van der Waals surface area contributed by atoms with Crippen LogP contribution in [0.2, 0.25) is 5.02 Å². The van der Waals surface area contributed by atoms with Crippen molar-refractivity contribution in [1.82, 2.24) is 9.55 Å². The minimum Gasteiger partial charge on any atom is -0.407 e. The maximum Gasteiger partial charge on any atom is 0.494 e. The van der Waals surface area contributed by atoms with Crippen LogP contribution < -0.4 is 5.46 Å². The Hall–Kier alpha value is -1.08. The lowest BCUT2D eigenvalue weighted by Crippen LogP contribution is -2.47. The van der Waals surface area contributed by atoms with E-state index < -0.39 is 12.7 Å². The molecule has 134 valence electrons. The number of benzene rings is 1. The molecule has 4 rings (SSSR count). The molecular weight excluding hydrogens is 338 g/mol. The first-order chi connectivity index (χ1) is 11.7. The molecule has 25 heavy (non-hydrogen) atoms. The Labute approximate surface area is 153 Å². The largest absolute Gasteiger partial charge is 0.494 e. The minimum atomic E-state index is -0.587. The van der Waals surface area contributed by atoms with Crippen LogP contribution in [0.4, 0.5) is 0 Å². The van der Waals surface area contributed by atoms with E-state index in [-0.39, 0.29) is 11.5 Å². The Morgan fingerprint density at radius 1 is 1.24 bits per heavy atom. The fourth-order valence-electron chi connectivity index (χ4n) is 3.92. The Bertz CT molecular complexity index is 815. The number of fused-ring (bicyclic) bond motifs is 1. The van der Waals surface area contributed by atoms with Gasteiger partial charge in [0.05, 0.1) is 21.7 Å². The molecule has 1 saturated carbocycles. The van der Waals surface area contributed by atoms with Gasteiger partial charge in [-0.2, -0.15) is 0 Å². The predicted octanol–water partition coefficient (Wildman–Crippen LogP) is 2.85. The Morgan fingerprint density at radius 2 is 1.88 bits per heavy atom. The van der Waals surface area contributed by atoms with Gasteiger partial charge in [-0.15, -0.1) is 0 Å². The Balaban J connectivity index is 1.68. The van der Waals surface area contributed by atoms with Crippen molar-refractivity contribution in [3.05, 3.63) is 23.0 Å². The molecule has 0 amide bonds. The number of aromatic nitrogens is 2. The number of halogens is 1. The second-order valence-electron chi connectivity index (χ2n) is 8.58. The smallest absolute Gasteiger partial charge is 0.407 e. The van der Waals surface area contributed by atoms with Crippen LogP contribution in [0.1, 0.15) is 45.5 Å². The van der Waals surface area contributed by atoms with Gasteiger partial charge < -0.3 is 19.0 Å². The predicted molar refractivity (Wildman–Crippen MR) is 99.4 cm³/mol. The van der Waals surface area contributed by atoms with Crippen LogP contribution in [0.5, 0.6) is 0 Å². The molecule has 2 heterocycles. The van der Waals surface area contributed by atoms with Crippen molar-refractivity contribution < 1.29 is 14.4 Å². The summed E-state index contributed by atoms with van der Waals surface area (Å²) in [5, 5.41) is 10.7. The van der Waals surface area contributed by atoms with Crippen molar-refractivity contribution in [2.24, 2.45) is 5.41 Å². The van der Waals surface area contributed by atoms with Gasteiger partial charge in [0.15, 0.2) is 0 Å². The quantitative estimate of drug-likeness (QED) is 0.835. The van der Waals surface area contributed by atoms with Gasteiger partial charge in [0, 0.05) is 24.7 Å². The van der Waals surface area contributed by atoms with E-state index in [2.05, 4.69) is 18.4 Å².